The fraction of sp³-hybridized carbons (Fsp3) is 0.227. The number of rotatable bonds is 5. The number of aromatic nitrogens is 3. The summed E-state index contributed by atoms with van der Waals surface area (Å²) in [5.41, 5.74) is 2.27. The topological polar surface area (TPSA) is 91.4 Å². The number of fused-ring (bicyclic) bond motifs is 2. The number of benzene rings is 2. The summed E-state index contributed by atoms with van der Waals surface area (Å²) in [5, 5.41) is 12.1. The van der Waals surface area contributed by atoms with Gasteiger partial charge in [0.25, 0.3) is 5.89 Å². The molecule has 0 bridgehead atoms. The predicted octanol–water partition coefficient (Wildman–Crippen LogP) is 3.66. The summed E-state index contributed by atoms with van der Waals surface area (Å²) in [6.07, 6.45) is 0.651. The van der Waals surface area contributed by atoms with E-state index in [1.165, 1.54) is 0 Å². The molecule has 1 N–H and O–H groups in total. The van der Waals surface area contributed by atoms with Gasteiger partial charge in [0.15, 0.2) is 11.5 Å². The van der Waals surface area contributed by atoms with Gasteiger partial charge in [-0.3, -0.25) is 4.79 Å². The monoisotopic (exact) mass is 404 g/mol. The van der Waals surface area contributed by atoms with Crippen LogP contribution in [0, 0.1) is 0 Å². The molecule has 8 nitrogen and oxygen atoms in total. The third-order valence-electron chi connectivity index (χ3n) is 4.93. The van der Waals surface area contributed by atoms with Crippen molar-refractivity contribution in [1.82, 2.24) is 14.8 Å². The Kier molecular flexibility index (Phi) is 4.59. The minimum Gasteiger partial charge on any atom is -0.486 e. The number of nitrogens with zero attached hydrogens (tertiary/aromatic N) is 3. The number of amides is 1. The number of ether oxygens (including phenoxy) is 2. The van der Waals surface area contributed by atoms with Crippen LogP contribution >= 0.6 is 0 Å². The van der Waals surface area contributed by atoms with Crippen molar-refractivity contribution in [3.05, 3.63) is 54.4 Å². The van der Waals surface area contributed by atoms with E-state index < -0.39 is 0 Å². The molecule has 3 heterocycles. The number of hydrogen-bond acceptors (Lipinski definition) is 6. The van der Waals surface area contributed by atoms with E-state index in [1.54, 1.807) is 18.2 Å². The Morgan fingerprint density at radius 1 is 1.07 bits per heavy atom. The number of nitrogens with one attached hydrogen (secondary N) is 1. The first kappa shape index (κ1) is 18.2. The Hall–Kier alpha value is -3.81. The Morgan fingerprint density at radius 3 is 2.73 bits per heavy atom. The van der Waals surface area contributed by atoms with E-state index in [4.69, 9.17) is 13.9 Å². The Balaban J connectivity index is 1.44. The summed E-state index contributed by atoms with van der Waals surface area (Å²) < 4.78 is 18.7. The largest absolute Gasteiger partial charge is 0.486 e. The van der Waals surface area contributed by atoms with Crippen LogP contribution in [0.15, 0.2) is 52.9 Å². The smallest absolute Gasteiger partial charge is 0.264 e. The van der Waals surface area contributed by atoms with E-state index >= 15 is 0 Å². The first-order chi connectivity index (χ1) is 14.7. The van der Waals surface area contributed by atoms with E-state index in [-0.39, 0.29) is 12.5 Å². The van der Waals surface area contributed by atoms with Gasteiger partial charge in [0, 0.05) is 29.1 Å². The van der Waals surface area contributed by atoms with Crippen LogP contribution in [0.2, 0.25) is 0 Å². The molecule has 0 saturated heterocycles. The molecule has 0 unspecified atom stereocenters. The molecule has 0 radical (unpaired) electrons. The van der Waals surface area contributed by atoms with Gasteiger partial charge in [-0.1, -0.05) is 25.1 Å². The second-order valence-electron chi connectivity index (χ2n) is 6.94. The van der Waals surface area contributed by atoms with Crippen LogP contribution in [0.1, 0.15) is 12.8 Å². The zero-order valence-electron chi connectivity index (χ0n) is 16.4. The molecule has 0 spiro atoms. The maximum atomic E-state index is 12.9. The number of aryl methyl sites for hydroxylation is 1. The number of carbonyl (C=O) groups excluding carboxylic acids is 1. The molecule has 0 saturated carbocycles. The second kappa shape index (κ2) is 7.55. The summed E-state index contributed by atoms with van der Waals surface area (Å²) in [4.78, 5) is 12.9. The molecular weight excluding hydrogens is 384 g/mol. The maximum Gasteiger partial charge on any atom is 0.264 e. The minimum atomic E-state index is -0.176. The van der Waals surface area contributed by atoms with Gasteiger partial charge in [0.05, 0.1) is 0 Å². The summed E-state index contributed by atoms with van der Waals surface area (Å²) in [6, 6.07) is 15.2. The number of anilines is 1. The van der Waals surface area contributed by atoms with Crippen LogP contribution in [0.25, 0.3) is 22.5 Å². The summed E-state index contributed by atoms with van der Waals surface area (Å²) >= 11 is 0. The highest BCUT2D eigenvalue weighted by molar-refractivity contribution is 5.94. The van der Waals surface area contributed by atoms with Gasteiger partial charge in [0.2, 0.25) is 11.8 Å². The molecule has 0 atom stereocenters. The molecule has 0 aliphatic carbocycles. The molecule has 1 aliphatic rings. The normalized spacial score (nSPS) is 12.8. The lowest BCUT2D eigenvalue weighted by Gasteiger charge is -2.19. The molecule has 0 fully saturated rings. The van der Waals surface area contributed by atoms with Gasteiger partial charge in [-0.25, -0.2) is 0 Å². The zero-order valence-corrected chi connectivity index (χ0v) is 16.4. The molecule has 8 heteroatoms. The standard InChI is InChI=1S/C22H20N4O4/c1-2-21-24-25-22(30-21)17-11-14-5-3-4-6-16(14)26(17)13-20(27)23-15-7-8-18-19(12-15)29-10-9-28-18/h3-8,11-12H,2,9-10,13H2,1H3,(H,23,27). The third-order valence-corrected chi connectivity index (χ3v) is 4.93. The highest BCUT2D eigenvalue weighted by Crippen LogP contribution is 2.33. The van der Waals surface area contributed by atoms with E-state index in [0.29, 0.717) is 54.3 Å². The van der Waals surface area contributed by atoms with Gasteiger partial charge in [0.1, 0.15) is 25.5 Å². The van der Waals surface area contributed by atoms with Gasteiger partial charge in [-0.2, -0.15) is 0 Å². The highest BCUT2D eigenvalue weighted by Gasteiger charge is 2.19. The predicted molar refractivity (Wildman–Crippen MR) is 111 cm³/mol. The van der Waals surface area contributed by atoms with Crippen LogP contribution in [0.3, 0.4) is 0 Å². The van der Waals surface area contributed by atoms with Crippen molar-refractivity contribution in [3.63, 3.8) is 0 Å². The Morgan fingerprint density at radius 2 is 1.90 bits per heavy atom. The van der Waals surface area contributed by atoms with Crippen LogP contribution in [0.4, 0.5) is 5.69 Å². The molecule has 152 valence electrons. The average molecular weight is 404 g/mol. The lowest BCUT2D eigenvalue weighted by molar-refractivity contribution is -0.116. The quantitative estimate of drug-likeness (QED) is 0.546. The van der Waals surface area contributed by atoms with Crippen LogP contribution in [-0.2, 0) is 17.8 Å². The molecule has 4 aromatic rings. The molecule has 2 aromatic carbocycles. The van der Waals surface area contributed by atoms with Crippen LogP contribution in [-0.4, -0.2) is 33.9 Å². The number of carbonyl (C=O) groups is 1. The van der Waals surface area contributed by atoms with Crippen LogP contribution < -0.4 is 14.8 Å². The fourth-order valence-corrected chi connectivity index (χ4v) is 3.52. The molecule has 5 rings (SSSR count). The molecule has 1 amide bonds. The van der Waals surface area contributed by atoms with Crippen molar-refractivity contribution >= 4 is 22.5 Å². The van der Waals surface area contributed by atoms with Gasteiger partial charge >= 0.3 is 0 Å². The van der Waals surface area contributed by atoms with Crippen molar-refractivity contribution in [1.29, 1.82) is 0 Å². The van der Waals surface area contributed by atoms with Crippen LogP contribution in [0.5, 0.6) is 11.5 Å². The van der Waals surface area contributed by atoms with Gasteiger partial charge in [-0.15, -0.1) is 10.2 Å². The molecule has 2 aromatic heterocycles. The molecule has 30 heavy (non-hydrogen) atoms. The summed E-state index contributed by atoms with van der Waals surface area (Å²) in [6.45, 7) is 3.07. The first-order valence-corrected chi connectivity index (χ1v) is 9.82. The Bertz CT molecular complexity index is 1230. The summed E-state index contributed by atoms with van der Waals surface area (Å²) in [7, 11) is 0. The van der Waals surface area contributed by atoms with Gasteiger partial charge < -0.3 is 23.8 Å². The van der Waals surface area contributed by atoms with E-state index in [2.05, 4.69) is 15.5 Å². The fourth-order valence-electron chi connectivity index (χ4n) is 3.52. The van der Waals surface area contributed by atoms with E-state index in [9.17, 15) is 4.79 Å². The second-order valence-corrected chi connectivity index (χ2v) is 6.94. The first-order valence-electron chi connectivity index (χ1n) is 9.82. The number of para-hydroxylation sites is 1. The van der Waals surface area contributed by atoms with Crippen molar-refractivity contribution < 1.29 is 18.7 Å². The highest BCUT2D eigenvalue weighted by atomic mass is 16.6. The minimum absolute atomic E-state index is 0.0983. The molecule has 1 aliphatic heterocycles. The van der Waals surface area contributed by atoms with E-state index in [1.807, 2.05) is 41.8 Å². The van der Waals surface area contributed by atoms with Gasteiger partial charge in [-0.05, 0) is 24.3 Å². The molecular formula is C22H20N4O4. The lowest BCUT2D eigenvalue weighted by atomic mass is 10.2. The van der Waals surface area contributed by atoms with Crippen molar-refractivity contribution in [2.75, 3.05) is 18.5 Å². The van der Waals surface area contributed by atoms with E-state index in [0.717, 1.165) is 10.9 Å². The van der Waals surface area contributed by atoms with Crippen molar-refractivity contribution in [2.45, 2.75) is 19.9 Å². The van der Waals surface area contributed by atoms with Crippen molar-refractivity contribution in [3.8, 4) is 23.1 Å². The maximum absolute atomic E-state index is 12.9. The van der Waals surface area contributed by atoms with Crippen molar-refractivity contribution in [2.24, 2.45) is 0 Å². The third kappa shape index (κ3) is 3.36. The lowest BCUT2D eigenvalue weighted by Crippen LogP contribution is -2.20. The Labute approximate surface area is 172 Å². The number of hydrogen-bond donors (Lipinski definition) is 1. The SMILES string of the molecule is CCc1nnc(-c2cc3ccccc3n2CC(=O)Nc2ccc3c(c2)OCCO3)o1. The zero-order chi connectivity index (χ0) is 20.5. The average Bonchev–Trinajstić information content (AvgIpc) is 3.38. The summed E-state index contributed by atoms with van der Waals surface area (Å²) in [5.74, 6) is 2.09.